The minimum Gasteiger partial charge on any atom is -0.507 e. The highest BCUT2D eigenvalue weighted by molar-refractivity contribution is 6.03. The van der Waals surface area contributed by atoms with Crippen LogP contribution in [-0.4, -0.2) is 37.6 Å². The van der Waals surface area contributed by atoms with Crippen LogP contribution in [-0.2, 0) is 6.61 Å². The first-order chi connectivity index (χ1) is 16.8. The van der Waals surface area contributed by atoms with Gasteiger partial charge in [-0.05, 0) is 19.4 Å². The second kappa shape index (κ2) is 9.67. The van der Waals surface area contributed by atoms with E-state index in [1.165, 1.54) is 30.1 Å². The SMILES string of the molecule is COc1c(OCc2ccccc2)cc(O)c2c(=O)n(C(C)C)c(NC(=O)c3cnc(N)nc3)nc12. The van der Waals surface area contributed by atoms with Crippen LogP contribution in [0.25, 0.3) is 10.9 Å². The fourth-order valence-corrected chi connectivity index (χ4v) is 3.54. The number of hydrogen-bond acceptors (Lipinski definition) is 9. The van der Waals surface area contributed by atoms with Gasteiger partial charge in [0.15, 0.2) is 11.5 Å². The number of methoxy groups -OCH3 is 1. The molecule has 0 saturated heterocycles. The quantitative estimate of drug-likeness (QED) is 0.365. The average Bonchev–Trinajstić information content (AvgIpc) is 2.83. The molecule has 4 aromatic rings. The second-order valence-electron chi connectivity index (χ2n) is 7.91. The number of aromatic nitrogens is 4. The number of rotatable bonds is 7. The van der Waals surface area contributed by atoms with Crippen molar-refractivity contribution in [1.82, 2.24) is 19.5 Å². The van der Waals surface area contributed by atoms with Crippen LogP contribution in [0.3, 0.4) is 0 Å². The summed E-state index contributed by atoms with van der Waals surface area (Å²) < 4.78 is 12.7. The molecule has 11 nitrogen and oxygen atoms in total. The highest BCUT2D eigenvalue weighted by Gasteiger charge is 2.24. The Balaban J connectivity index is 1.83. The largest absolute Gasteiger partial charge is 0.507 e. The smallest absolute Gasteiger partial charge is 0.266 e. The van der Waals surface area contributed by atoms with Gasteiger partial charge in [-0.2, -0.15) is 0 Å². The Morgan fingerprint density at radius 3 is 2.51 bits per heavy atom. The molecule has 0 bridgehead atoms. The standard InChI is InChI=1S/C24H24N6O5/c1-13(2)30-22(33)18-16(31)9-17(35-12-14-7-5-4-6-8-14)20(34-3)19(18)28-24(30)29-21(32)15-10-26-23(25)27-11-15/h4-11,13,31H,12H2,1-3H3,(H2,25,26,27)(H,28,29,32). The Hall–Kier alpha value is -4.67. The number of carbonyl (C=O) groups excluding carboxylic acids is 1. The number of carbonyl (C=O) groups is 1. The molecule has 0 aliphatic rings. The first-order valence-electron chi connectivity index (χ1n) is 10.7. The van der Waals surface area contributed by atoms with E-state index < -0.39 is 17.5 Å². The molecule has 35 heavy (non-hydrogen) atoms. The zero-order chi connectivity index (χ0) is 25.1. The average molecular weight is 476 g/mol. The van der Waals surface area contributed by atoms with Crippen LogP contribution in [0.2, 0.25) is 0 Å². The van der Waals surface area contributed by atoms with Gasteiger partial charge in [0.2, 0.25) is 11.9 Å². The normalized spacial score (nSPS) is 11.0. The number of nitrogen functional groups attached to an aromatic ring is 1. The van der Waals surface area contributed by atoms with Gasteiger partial charge in [0.25, 0.3) is 11.5 Å². The second-order valence-corrected chi connectivity index (χ2v) is 7.91. The maximum atomic E-state index is 13.4. The van der Waals surface area contributed by atoms with E-state index in [9.17, 15) is 14.7 Å². The van der Waals surface area contributed by atoms with Crippen LogP contribution in [0.4, 0.5) is 11.9 Å². The Morgan fingerprint density at radius 1 is 1.20 bits per heavy atom. The summed E-state index contributed by atoms with van der Waals surface area (Å²) in [6, 6.07) is 10.4. The van der Waals surface area contributed by atoms with Crippen LogP contribution in [0.15, 0.2) is 53.6 Å². The number of amides is 1. The molecular formula is C24H24N6O5. The van der Waals surface area contributed by atoms with Gasteiger partial charge in [-0.3, -0.25) is 19.5 Å². The molecule has 0 aliphatic heterocycles. The summed E-state index contributed by atoms with van der Waals surface area (Å²) in [5.74, 6) is -0.594. The van der Waals surface area contributed by atoms with Crippen LogP contribution in [0.1, 0.15) is 35.8 Å². The molecule has 0 atom stereocenters. The van der Waals surface area contributed by atoms with Gasteiger partial charge in [-0.1, -0.05) is 30.3 Å². The molecule has 0 spiro atoms. The number of benzene rings is 2. The molecule has 0 radical (unpaired) electrons. The van der Waals surface area contributed by atoms with Crippen molar-refractivity contribution in [3.63, 3.8) is 0 Å². The van der Waals surface area contributed by atoms with Crippen molar-refractivity contribution in [2.45, 2.75) is 26.5 Å². The van der Waals surface area contributed by atoms with Gasteiger partial charge in [0.05, 0.1) is 12.7 Å². The predicted molar refractivity (Wildman–Crippen MR) is 130 cm³/mol. The van der Waals surface area contributed by atoms with Crippen molar-refractivity contribution < 1.29 is 19.4 Å². The highest BCUT2D eigenvalue weighted by atomic mass is 16.5. The molecule has 0 unspecified atom stereocenters. The minimum absolute atomic E-state index is 0.0210. The lowest BCUT2D eigenvalue weighted by atomic mass is 10.1. The fourth-order valence-electron chi connectivity index (χ4n) is 3.54. The fraction of sp³-hybridized carbons (Fsp3) is 0.208. The van der Waals surface area contributed by atoms with Crippen LogP contribution < -0.4 is 26.1 Å². The van der Waals surface area contributed by atoms with Gasteiger partial charge in [0, 0.05) is 24.5 Å². The molecule has 1 amide bonds. The summed E-state index contributed by atoms with van der Waals surface area (Å²) in [6.07, 6.45) is 2.52. The zero-order valence-electron chi connectivity index (χ0n) is 19.3. The maximum absolute atomic E-state index is 13.4. The number of aromatic hydroxyl groups is 1. The Labute approximate surface area is 200 Å². The third kappa shape index (κ3) is 4.69. The van der Waals surface area contributed by atoms with Gasteiger partial charge < -0.3 is 20.3 Å². The van der Waals surface area contributed by atoms with Gasteiger partial charge in [-0.25, -0.2) is 15.0 Å². The third-order valence-corrected chi connectivity index (χ3v) is 5.20. The lowest BCUT2D eigenvalue weighted by Crippen LogP contribution is -2.29. The lowest BCUT2D eigenvalue weighted by molar-refractivity contribution is 0.102. The predicted octanol–water partition coefficient (Wildman–Crippen LogP) is 2.90. The summed E-state index contributed by atoms with van der Waals surface area (Å²) in [5.41, 5.74) is 6.00. The van der Waals surface area contributed by atoms with Crippen LogP contribution in [0.5, 0.6) is 17.2 Å². The number of hydrogen-bond donors (Lipinski definition) is 3. The molecule has 11 heteroatoms. The molecule has 2 heterocycles. The molecule has 4 rings (SSSR count). The Kier molecular flexibility index (Phi) is 6.49. The molecular weight excluding hydrogens is 452 g/mol. The number of phenols is 1. The Morgan fingerprint density at radius 2 is 1.89 bits per heavy atom. The molecule has 0 aliphatic carbocycles. The van der Waals surface area contributed by atoms with Crippen molar-refractivity contribution in [1.29, 1.82) is 0 Å². The number of ether oxygens (including phenoxy) is 2. The van der Waals surface area contributed by atoms with Gasteiger partial charge >= 0.3 is 0 Å². The molecule has 2 aromatic carbocycles. The van der Waals surface area contributed by atoms with E-state index in [4.69, 9.17) is 15.2 Å². The monoisotopic (exact) mass is 476 g/mol. The van der Waals surface area contributed by atoms with E-state index in [0.717, 1.165) is 5.56 Å². The van der Waals surface area contributed by atoms with Gasteiger partial charge in [0.1, 0.15) is 23.3 Å². The van der Waals surface area contributed by atoms with Crippen molar-refractivity contribution >= 4 is 28.7 Å². The number of fused-ring (bicyclic) bond motifs is 1. The first kappa shape index (κ1) is 23.5. The lowest BCUT2D eigenvalue weighted by Gasteiger charge is -2.19. The maximum Gasteiger partial charge on any atom is 0.266 e. The van der Waals surface area contributed by atoms with E-state index in [-0.39, 0.29) is 52.2 Å². The summed E-state index contributed by atoms with van der Waals surface area (Å²) in [5, 5.41) is 13.3. The van der Waals surface area contributed by atoms with Crippen molar-refractivity contribution in [3.8, 4) is 17.2 Å². The number of nitrogens with zero attached hydrogens (tertiary/aromatic N) is 4. The number of phenolic OH excluding ortho intramolecular Hbond substituents is 1. The van der Waals surface area contributed by atoms with E-state index in [0.29, 0.717) is 0 Å². The summed E-state index contributed by atoms with van der Waals surface area (Å²) >= 11 is 0. The van der Waals surface area contributed by atoms with E-state index in [1.54, 1.807) is 13.8 Å². The van der Waals surface area contributed by atoms with Crippen molar-refractivity contribution in [2.24, 2.45) is 0 Å². The number of nitrogens with one attached hydrogen (secondary N) is 1. The summed E-state index contributed by atoms with van der Waals surface area (Å²) in [7, 11) is 1.40. The topological polar surface area (TPSA) is 154 Å². The highest BCUT2D eigenvalue weighted by Crippen LogP contribution is 2.39. The minimum atomic E-state index is -0.592. The molecule has 0 saturated carbocycles. The summed E-state index contributed by atoms with van der Waals surface area (Å²) in [6.45, 7) is 3.71. The number of nitrogens with two attached hydrogens (primary N) is 1. The first-order valence-corrected chi connectivity index (χ1v) is 10.7. The van der Waals surface area contributed by atoms with E-state index in [2.05, 4.69) is 20.3 Å². The van der Waals surface area contributed by atoms with E-state index in [1.807, 2.05) is 30.3 Å². The van der Waals surface area contributed by atoms with Crippen molar-refractivity contribution in [3.05, 3.63) is 70.3 Å². The Bertz CT molecular complexity index is 1440. The van der Waals surface area contributed by atoms with Crippen LogP contribution >= 0.6 is 0 Å². The molecule has 0 fully saturated rings. The van der Waals surface area contributed by atoms with E-state index >= 15 is 0 Å². The summed E-state index contributed by atoms with van der Waals surface area (Å²) in [4.78, 5) is 38.3. The van der Waals surface area contributed by atoms with Crippen LogP contribution in [0, 0.1) is 0 Å². The van der Waals surface area contributed by atoms with Gasteiger partial charge in [-0.15, -0.1) is 0 Å². The molecule has 4 N–H and O–H groups in total. The molecule has 2 aromatic heterocycles. The zero-order valence-corrected chi connectivity index (χ0v) is 19.3. The molecule has 180 valence electrons. The third-order valence-electron chi connectivity index (χ3n) is 5.20. The number of anilines is 2. The van der Waals surface area contributed by atoms with Crippen molar-refractivity contribution in [2.75, 3.05) is 18.2 Å².